The number of carboxylic acid groups (broad SMARTS) is 1. The zero-order valence-electron chi connectivity index (χ0n) is 9.63. The molecule has 0 aliphatic rings. The van der Waals surface area contributed by atoms with E-state index in [2.05, 4.69) is 5.10 Å². The molecular weight excluding hydrogens is 239 g/mol. The molecule has 18 heavy (non-hydrogen) atoms. The summed E-state index contributed by atoms with van der Waals surface area (Å²) >= 11 is 0. The fraction of sp³-hybridized carbons (Fsp3) is 0.167. The van der Waals surface area contributed by atoms with Gasteiger partial charge in [0.1, 0.15) is 6.54 Å². The van der Waals surface area contributed by atoms with E-state index in [0.29, 0.717) is 11.4 Å². The largest absolute Gasteiger partial charge is 0.480 e. The van der Waals surface area contributed by atoms with Crippen molar-refractivity contribution in [2.45, 2.75) is 13.5 Å². The minimum Gasteiger partial charge on any atom is -0.480 e. The van der Waals surface area contributed by atoms with Gasteiger partial charge >= 0.3 is 5.97 Å². The van der Waals surface area contributed by atoms with Gasteiger partial charge in [-0.2, -0.15) is 5.10 Å². The van der Waals surface area contributed by atoms with Crippen LogP contribution < -0.4 is 4.74 Å². The summed E-state index contributed by atoms with van der Waals surface area (Å²) in [7, 11) is 0. The highest BCUT2D eigenvalue weighted by Gasteiger charge is 2.12. The van der Waals surface area contributed by atoms with Gasteiger partial charge in [-0.1, -0.05) is 12.1 Å². The molecule has 1 aromatic heterocycles. The maximum Gasteiger partial charge on any atom is 0.325 e. The number of benzene rings is 1. The predicted octanol–water partition coefficient (Wildman–Crippen LogP) is 2.21. The number of ether oxygens (including phenoxy) is 1. The number of nitrogens with zero attached hydrogens (tertiary/aromatic N) is 2. The second-order valence-corrected chi connectivity index (χ2v) is 3.68. The standard InChI is InChI=1S/C12H11FN2O3/c1-8-11(6-14-15(8)7-12(16)17)18-10-5-3-2-4-9(10)13/h2-6H,7H2,1H3,(H,16,17). The number of hydrogen-bond donors (Lipinski definition) is 1. The maximum absolute atomic E-state index is 13.4. The van der Waals surface area contributed by atoms with Gasteiger partial charge in [-0.15, -0.1) is 0 Å². The van der Waals surface area contributed by atoms with Crippen molar-refractivity contribution in [2.24, 2.45) is 0 Å². The number of aliphatic carboxylic acids is 1. The molecule has 0 bridgehead atoms. The average molecular weight is 250 g/mol. The summed E-state index contributed by atoms with van der Waals surface area (Å²) in [6, 6.07) is 5.98. The number of rotatable bonds is 4. The minimum absolute atomic E-state index is 0.0791. The quantitative estimate of drug-likeness (QED) is 0.903. The molecule has 0 saturated heterocycles. The summed E-state index contributed by atoms with van der Waals surface area (Å²) in [6.07, 6.45) is 1.37. The summed E-state index contributed by atoms with van der Waals surface area (Å²) < 4.78 is 20.0. The first-order valence-corrected chi connectivity index (χ1v) is 5.24. The molecule has 0 amide bonds. The molecule has 0 unspecified atom stereocenters. The lowest BCUT2D eigenvalue weighted by atomic mass is 10.3. The number of aromatic nitrogens is 2. The van der Waals surface area contributed by atoms with Crippen LogP contribution in [0.25, 0.3) is 0 Å². The van der Waals surface area contributed by atoms with E-state index in [1.54, 1.807) is 19.1 Å². The van der Waals surface area contributed by atoms with Gasteiger partial charge in [-0.25, -0.2) is 4.39 Å². The summed E-state index contributed by atoms with van der Waals surface area (Å²) in [5.41, 5.74) is 0.528. The van der Waals surface area contributed by atoms with Gasteiger partial charge in [-0.3, -0.25) is 9.48 Å². The molecule has 2 rings (SSSR count). The van der Waals surface area contributed by atoms with E-state index in [1.807, 2.05) is 0 Å². The Morgan fingerprint density at radius 2 is 2.17 bits per heavy atom. The van der Waals surface area contributed by atoms with E-state index in [-0.39, 0.29) is 12.3 Å². The summed E-state index contributed by atoms with van der Waals surface area (Å²) in [4.78, 5) is 10.6. The first-order chi connectivity index (χ1) is 8.58. The fourth-order valence-corrected chi connectivity index (χ4v) is 1.46. The van der Waals surface area contributed by atoms with Crippen LogP contribution >= 0.6 is 0 Å². The molecule has 0 atom stereocenters. The Morgan fingerprint density at radius 3 is 2.83 bits per heavy atom. The molecule has 0 aliphatic heterocycles. The zero-order chi connectivity index (χ0) is 13.1. The molecule has 0 fully saturated rings. The molecule has 0 spiro atoms. The molecule has 5 nitrogen and oxygen atoms in total. The van der Waals surface area contributed by atoms with Crippen LogP contribution in [0, 0.1) is 12.7 Å². The SMILES string of the molecule is Cc1c(Oc2ccccc2F)cnn1CC(=O)O. The van der Waals surface area contributed by atoms with Crippen molar-refractivity contribution >= 4 is 5.97 Å². The van der Waals surface area contributed by atoms with Crippen LogP contribution in [0.3, 0.4) is 0 Å². The molecule has 94 valence electrons. The van der Waals surface area contributed by atoms with Crippen molar-refractivity contribution in [3.63, 3.8) is 0 Å². The van der Waals surface area contributed by atoms with Gasteiger partial charge < -0.3 is 9.84 Å². The van der Waals surface area contributed by atoms with Gasteiger partial charge in [0.2, 0.25) is 0 Å². The molecule has 1 aromatic carbocycles. The van der Waals surface area contributed by atoms with E-state index in [9.17, 15) is 9.18 Å². The Bertz CT molecular complexity index is 580. The third-order valence-corrected chi connectivity index (χ3v) is 2.40. The number of carboxylic acids is 1. The van der Waals surface area contributed by atoms with Crippen LogP contribution in [0.1, 0.15) is 5.69 Å². The monoisotopic (exact) mass is 250 g/mol. The van der Waals surface area contributed by atoms with Crippen LogP contribution in [-0.4, -0.2) is 20.9 Å². The number of halogens is 1. The van der Waals surface area contributed by atoms with Crippen molar-refractivity contribution in [3.05, 3.63) is 42.0 Å². The Hall–Kier alpha value is -2.37. The first kappa shape index (κ1) is 12.1. The molecule has 1 heterocycles. The second kappa shape index (κ2) is 4.87. The lowest BCUT2D eigenvalue weighted by Crippen LogP contribution is -2.11. The maximum atomic E-state index is 13.4. The third kappa shape index (κ3) is 2.48. The van der Waals surface area contributed by atoms with Gasteiger partial charge in [0, 0.05) is 0 Å². The molecule has 0 aliphatic carbocycles. The Kier molecular flexibility index (Phi) is 3.27. The summed E-state index contributed by atoms with van der Waals surface area (Å²) in [5, 5.41) is 12.5. The van der Waals surface area contributed by atoms with E-state index >= 15 is 0 Å². The van der Waals surface area contributed by atoms with Crippen LogP contribution in [0.4, 0.5) is 4.39 Å². The second-order valence-electron chi connectivity index (χ2n) is 3.68. The smallest absolute Gasteiger partial charge is 0.325 e. The first-order valence-electron chi connectivity index (χ1n) is 5.24. The molecule has 6 heteroatoms. The predicted molar refractivity (Wildman–Crippen MR) is 61.1 cm³/mol. The lowest BCUT2D eigenvalue weighted by molar-refractivity contribution is -0.137. The van der Waals surface area contributed by atoms with Gasteiger partial charge in [0.15, 0.2) is 17.3 Å². The Balaban J connectivity index is 2.23. The normalized spacial score (nSPS) is 10.3. The van der Waals surface area contributed by atoms with Crippen LogP contribution in [0.2, 0.25) is 0 Å². The van der Waals surface area contributed by atoms with Crippen molar-refractivity contribution in [1.82, 2.24) is 9.78 Å². The van der Waals surface area contributed by atoms with Gasteiger partial charge in [-0.05, 0) is 19.1 Å². The Labute approximate surface area is 102 Å². The van der Waals surface area contributed by atoms with E-state index in [4.69, 9.17) is 9.84 Å². The summed E-state index contributed by atoms with van der Waals surface area (Å²) in [5.74, 6) is -1.07. The van der Waals surface area contributed by atoms with Gasteiger partial charge in [0.05, 0.1) is 11.9 Å². The van der Waals surface area contributed by atoms with Crippen molar-refractivity contribution < 1.29 is 19.0 Å². The van der Waals surface area contributed by atoms with Gasteiger partial charge in [0.25, 0.3) is 0 Å². The van der Waals surface area contributed by atoms with Crippen LogP contribution in [-0.2, 0) is 11.3 Å². The molecule has 0 radical (unpaired) electrons. The Morgan fingerprint density at radius 1 is 1.44 bits per heavy atom. The lowest BCUT2D eigenvalue weighted by Gasteiger charge is -2.06. The highest BCUT2D eigenvalue weighted by atomic mass is 19.1. The number of carbonyl (C=O) groups is 1. The van der Waals surface area contributed by atoms with Crippen molar-refractivity contribution in [3.8, 4) is 11.5 Å². The van der Waals surface area contributed by atoms with E-state index < -0.39 is 11.8 Å². The molecule has 1 N–H and O–H groups in total. The van der Waals surface area contributed by atoms with Crippen LogP contribution in [0.15, 0.2) is 30.5 Å². The summed E-state index contributed by atoms with van der Waals surface area (Å²) in [6.45, 7) is 1.40. The molecule has 0 saturated carbocycles. The molecule has 2 aromatic rings. The van der Waals surface area contributed by atoms with E-state index in [1.165, 1.54) is 23.0 Å². The highest BCUT2D eigenvalue weighted by molar-refractivity contribution is 5.66. The topological polar surface area (TPSA) is 64.4 Å². The molecular formula is C12H11FN2O3. The number of hydrogen-bond acceptors (Lipinski definition) is 3. The third-order valence-electron chi connectivity index (χ3n) is 2.40. The van der Waals surface area contributed by atoms with Crippen molar-refractivity contribution in [2.75, 3.05) is 0 Å². The van der Waals surface area contributed by atoms with Crippen molar-refractivity contribution in [1.29, 1.82) is 0 Å². The fourth-order valence-electron chi connectivity index (χ4n) is 1.46. The highest BCUT2D eigenvalue weighted by Crippen LogP contribution is 2.26. The average Bonchev–Trinajstić information content (AvgIpc) is 2.64. The zero-order valence-corrected chi connectivity index (χ0v) is 9.63. The van der Waals surface area contributed by atoms with E-state index in [0.717, 1.165) is 0 Å². The minimum atomic E-state index is -1.00. The number of para-hydroxylation sites is 1. The van der Waals surface area contributed by atoms with Crippen LogP contribution in [0.5, 0.6) is 11.5 Å².